The van der Waals surface area contributed by atoms with E-state index in [1.54, 1.807) is 19.1 Å². The number of amides is 1. The van der Waals surface area contributed by atoms with E-state index in [2.05, 4.69) is 15.2 Å². The van der Waals surface area contributed by atoms with E-state index in [-0.39, 0.29) is 16.8 Å². The first-order valence-corrected chi connectivity index (χ1v) is 9.50. The SMILES string of the molecule is Cc1cc(=O)n(CCN2CCC(CNC(=O)c3ccccc3F)CC2)c(=O)[nH]1. The van der Waals surface area contributed by atoms with Crippen LogP contribution in [-0.4, -0.2) is 46.5 Å². The number of H-pyrrole nitrogens is 1. The van der Waals surface area contributed by atoms with Crippen LogP contribution in [0.4, 0.5) is 4.39 Å². The number of halogens is 1. The van der Waals surface area contributed by atoms with Gasteiger partial charge < -0.3 is 15.2 Å². The van der Waals surface area contributed by atoms with E-state index < -0.39 is 11.7 Å². The molecule has 1 aromatic carbocycles. The quantitative estimate of drug-likeness (QED) is 0.777. The smallest absolute Gasteiger partial charge is 0.328 e. The van der Waals surface area contributed by atoms with Crippen molar-refractivity contribution in [1.82, 2.24) is 19.8 Å². The minimum Gasteiger partial charge on any atom is -0.352 e. The first-order valence-electron chi connectivity index (χ1n) is 9.50. The van der Waals surface area contributed by atoms with Gasteiger partial charge in [-0.15, -0.1) is 0 Å². The van der Waals surface area contributed by atoms with Crippen LogP contribution in [0.5, 0.6) is 0 Å². The summed E-state index contributed by atoms with van der Waals surface area (Å²) in [6.07, 6.45) is 1.80. The fourth-order valence-electron chi connectivity index (χ4n) is 3.48. The molecule has 150 valence electrons. The molecular weight excluding hydrogens is 363 g/mol. The predicted molar refractivity (Wildman–Crippen MR) is 104 cm³/mol. The number of hydrogen-bond acceptors (Lipinski definition) is 4. The Morgan fingerprint density at radius 3 is 2.61 bits per heavy atom. The topological polar surface area (TPSA) is 87.2 Å². The summed E-state index contributed by atoms with van der Waals surface area (Å²) in [5, 5.41) is 2.81. The summed E-state index contributed by atoms with van der Waals surface area (Å²) < 4.78 is 14.9. The van der Waals surface area contributed by atoms with E-state index in [0.29, 0.717) is 31.2 Å². The monoisotopic (exact) mass is 388 g/mol. The van der Waals surface area contributed by atoms with Crippen LogP contribution in [0.25, 0.3) is 0 Å². The number of piperidine rings is 1. The van der Waals surface area contributed by atoms with Crippen LogP contribution >= 0.6 is 0 Å². The van der Waals surface area contributed by atoms with Crippen molar-refractivity contribution >= 4 is 5.91 Å². The van der Waals surface area contributed by atoms with Crippen LogP contribution in [0.2, 0.25) is 0 Å². The van der Waals surface area contributed by atoms with E-state index in [9.17, 15) is 18.8 Å². The van der Waals surface area contributed by atoms with Gasteiger partial charge in [0.25, 0.3) is 11.5 Å². The number of rotatable bonds is 6. The highest BCUT2D eigenvalue weighted by molar-refractivity contribution is 5.94. The van der Waals surface area contributed by atoms with E-state index in [0.717, 1.165) is 25.9 Å². The van der Waals surface area contributed by atoms with Crippen molar-refractivity contribution in [3.8, 4) is 0 Å². The minimum absolute atomic E-state index is 0.0636. The van der Waals surface area contributed by atoms with Gasteiger partial charge in [0.2, 0.25) is 0 Å². The maximum Gasteiger partial charge on any atom is 0.328 e. The molecule has 2 aromatic rings. The first-order chi connectivity index (χ1) is 13.4. The molecule has 0 saturated carbocycles. The van der Waals surface area contributed by atoms with Gasteiger partial charge in [-0.3, -0.25) is 14.2 Å². The van der Waals surface area contributed by atoms with Gasteiger partial charge in [0.15, 0.2) is 0 Å². The maximum absolute atomic E-state index is 13.6. The average molecular weight is 388 g/mol. The van der Waals surface area contributed by atoms with E-state index in [1.165, 1.54) is 22.8 Å². The summed E-state index contributed by atoms with van der Waals surface area (Å²) in [7, 11) is 0. The van der Waals surface area contributed by atoms with Crippen molar-refractivity contribution in [3.63, 3.8) is 0 Å². The number of aromatic nitrogens is 2. The van der Waals surface area contributed by atoms with Crippen LogP contribution in [0.3, 0.4) is 0 Å². The van der Waals surface area contributed by atoms with Crippen molar-refractivity contribution in [2.45, 2.75) is 26.3 Å². The number of nitrogens with zero attached hydrogens (tertiary/aromatic N) is 2. The highest BCUT2D eigenvalue weighted by atomic mass is 19.1. The fraction of sp³-hybridized carbons (Fsp3) is 0.450. The molecule has 0 unspecified atom stereocenters. The Labute approximate surface area is 162 Å². The molecule has 2 N–H and O–H groups in total. The zero-order valence-corrected chi connectivity index (χ0v) is 15.9. The molecule has 3 rings (SSSR count). The molecule has 1 amide bonds. The molecule has 1 aromatic heterocycles. The van der Waals surface area contributed by atoms with Crippen molar-refractivity contribution < 1.29 is 9.18 Å². The third kappa shape index (κ3) is 4.95. The highest BCUT2D eigenvalue weighted by Gasteiger charge is 2.20. The third-order valence-electron chi connectivity index (χ3n) is 5.17. The molecule has 7 nitrogen and oxygen atoms in total. The van der Waals surface area contributed by atoms with Crippen molar-refractivity contribution in [3.05, 3.63) is 68.2 Å². The van der Waals surface area contributed by atoms with Gasteiger partial charge in [0.1, 0.15) is 5.82 Å². The number of carbonyl (C=O) groups excluding carboxylic acids is 1. The molecule has 1 aliphatic heterocycles. The molecule has 1 aliphatic rings. The second-order valence-corrected chi connectivity index (χ2v) is 7.22. The second-order valence-electron chi connectivity index (χ2n) is 7.22. The third-order valence-corrected chi connectivity index (χ3v) is 5.17. The number of likely N-dealkylation sites (tertiary alicyclic amines) is 1. The lowest BCUT2D eigenvalue weighted by Crippen LogP contribution is -2.43. The molecule has 0 bridgehead atoms. The molecule has 1 fully saturated rings. The van der Waals surface area contributed by atoms with Crippen LogP contribution in [-0.2, 0) is 6.54 Å². The summed E-state index contributed by atoms with van der Waals surface area (Å²) in [5.74, 6) is -0.577. The molecule has 8 heteroatoms. The average Bonchev–Trinajstić information content (AvgIpc) is 2.66. The Morgan fingerprint density at radius 1 is 1.21 bits per heavy atom. The number of nitrogens with one attached hydrogen (secondary N) is 2. The summed E-state index contributed by atoms with van der Waals surface area (Å²) in [6, 6.07) is 7.37. The van der Waals surface area contributed by atoms with Gasteiger partial charge in [0, 0.05) is 31.4 Å². The molecule has 0 radical (unpaired) electrons. The van der Waals surface area contributed by atoms with Crippen molar-refractivity contribution in [1.29, 1.82) is 0 Å². The van der Waals surface area contributed by atoms with Crippen LogP contribution in [0.15, 0.2) is 39.9 Å². The molecule has 28 heavy (non-hydrogen) atoms. The number of aromatic amines is 1. The van der Waals surface area contributed by atoms with Gasteiger partial charge in [-0.05, 0) is 50.9 Å². The lowest BCUT2D eigenvalue weighted by molar-refractivity contribution is 0.0931. The number of benzene rings is 1. The Morgan fingerprint density at radius 2 is 1.93 bits per heavy atom. The second kappa shape index (κ2) is 8.97. The Bertz CT molecular complexity index is 914. The molecule has 0 atom stereocenters. The van der Waals surface area contributed by atoms with E-state index in [1.807, 2.05) is 0 Å². The standard InChI is InChI=1S/C20H25FN4O3/c1-14-12-18(26)25(20(28)23-14)11-10-24-8-6-15(7-9-24)13-22-19(27)16-4-2-3-5-17(16)21/h2-5,12,15H,6-11,13H2,1H3,(H,22,27)(H,23,28). The molecule has 0 aliphatic carbocycles. The molecule has 0 spiro atoms. The number of aryl methyl sites for hydroxylation is 1. The van der Waals surface area contributed by atoms with Crippen LogP contribution < -0.4 is 16.6 Å². The first kappa shape index (κ1) is 20.0. The summed E-state index contributed by atoms with van der Waals surface area (Å²) in [5.41, 5.74) is -0.0408. The number of carbonyl (C=O) groups is 1. The number of hydrogen-bond donors (Lipinski definition) is 2. The zero-order valence-electron chi connectivity index (χ0n) is 15.9. The van der Waals surface area contributed by atoms with E-state index in [4.69, 9.17) is 0 Å². The van der Waals surface area contributed by atoms with Gasteiger partial charge in [-0.2, -0.15) is 0 Å². The summed E-state index contributed by atoms with van der Waals surface area (Å²) in [6.45, 7) is 4.84. The molecular formula is C20H25FN4O3. The molecule has 2 heterocycles. The lowest BCUT2D eigenvalue weighted by atomic mass is 9.96. The maximum atomic E-state index is 13.6. The molecule has 1 saturated heterocycles. The van der Waals surface area contributed by atoms with Crippen LogP contribution in [0.1, 0.15) is 28.9 Å². The Hall–Kier alpha value is -2.74. The predicted octanol–water partition coefficient (Wildman–Crippen LogP) is 1.13. The fourth-order valence-corrected chi connectivity index (χ4v) is 3.48. The van der Waals surface area contributed by atoms with Gasteiger partial charge in [0.05, 0.1) is 5.56 Å². The summed E-state index contributed by atoms with van der Waals surface area (Å²) in [4.78, 5) is 40.8. The van der Waals surface area contributed by atoms with Gasteiger partial charge >= 0.3 is 5.69 Å². The summed E-state index contributed by atoms with van der Waals surface area (Å²) >= 11 is 0. The largest absolute Gasteiger partial charge is 0.352 e. The normalized spacial score (nSPS) is 15.5. The highest BCUT2D eigenvalue weighted by Crippen LogP contribution is 2.16. The van der Waals surface area contributed by atoms with Crippen LogP contribution in [0, 0.1) is 18.7 Å². The van der Waals surface area contributed by atoms with Crippen molar-refractivity contribution in [2.75, 3.05) is 26.2 Å². The zero-order chi connectivity index (χ0) is 20.1. The van der Waals surface area contributed by atoms with Gasteiger partial charge in [-0.25, -0.2) is 9.18 Å². The minimum atomic E-state index is -0.517. The van der Waals surface area contributed by atoms with Gasteiger partial charge in [-0.1, -0.05) is 12.1 Å². The Kier molecular flexibility index (Phi) is 6.41. The van der Waals surface area contributed by atoms with Crippen molar-refractivity contribution in [2.24, 2.45) is 5.92 Å². The lowest BCUT2D eigenvalue weighted by Gasteiger charge is -2.32. The van der Waals surface area contributed by atoms with E-state index >= 15 is 0 Å². The Balaban J connectivity index is 1.44.